The van der Waals surface area contributed by atoms with E-state index in [2.05, 4.69) is 0 Å². The van der Waals surface area contributed by atoms with Crippen molar-refractivity contribution in [1.29, 1.82) is 0 Å². The Hall–Kier alpha value is -1.84. The van der Waals surface area contributed by atoms with E-state index in [-0.39, 0.29) is 11.8 Å². The number of nitrogen functional groups attached to an aromatic ring is 1. The van der Waals surface area contributed by atoms with Crippen LogP contribution in [0.15, 0.2) is 24.3 Å². The van der Waals surface area contributed by atoms with Crippen molar-refractivity contribution < 1.29 is 9.59 Å². The van der Waals surface area contributed by atoms with Crippen molar-refractivity contribution in [1.82, 2.24) is 4.90 Å². The molecule has 0 unspecified atom stereocenters. The highest BCUT2D eigenvalue weighted by molar-refractivity contribution is 6.03. The van der Waals surface area contributed by atoms with Crippen molar-refractivity contribution >= 4 is 17.5 Å². The van der Waals surface area contributed by atoms with Gasteiger partial charge in [0.25, 0.3) is 0 Å². The van der Waals surface area contributed by atoms with Gasteiger partial charge in [0, 0.05) is 18.7 Å². The SMILES string of the molecule is CCN1C(=O)CC[C@@](CC)(c2ccc(N)cc2)C1=O. The number of carbonyl (C=O) groups is 2. The molecule has 2 N–H and O–H groups in total. The topological polar surface area (TPSA) is 63.4 Å². The number of hydrogen-bond donors (Lipinski definition) is 1. The smallest absolute Gasteiger partial charge is 0.239 e. The summed E-state index contributed by atoms with van der Waals surface area (Å²) in [5, 5.41) is 0. The van der Waals surface area contributed by atoms with E-state index in [0.717, 1.165) is 5.56 Å². The van der Waals surface area contributed by atoms with Gasteiger partial charge < -0.3 is 5.73 Å². The summed E-state index contributed by atoms with van der Waals surface area (Å²) < 4.78 is 0. The number of likely N-dealkylation sites (tertiary alicyclic amines) is 1. The maximum Gasteiger partial charge on any atom is 0.239 e. The molecular formula is C15H20N2O2. The molecule has 1 aromatic carbocycles. The van der Waals surface area contributed by atoms with Gasteiger partial charge in [-0.15, -0.1) is 0 Å². The Labute approximate surface area is 113 Å². The van der Waals surface area contributed by atoms with Crippen LogP contribution < -0.4 is 5.73 Å². The monoisotopic (exact) mass is 260 g/mol. The van der Waals surface area contributed by atoms with Crippen molar-refractivity contribution in [2.45, 2.75) is 38.5 Å². The Morgan fingerprint density at radius 1 is 1.21 bits per heavy atom. The lowest BCUT2D eigenvalue weighted by Crippen LogP contribution is -2.53. The highest BCUT2D eigenvalue weighted by Crippen LogP contribution is 2.38. The summed E-state index contributed by atoms with van der Waals surface area (Å²) in [6, 6.07) is 7.43. The molecule has 1 saturated heterocycles. The second-order valence-corrected chi connectivity index (χ2v) is 5.00. The summed E-state index contributed by atoms with van der Waals surface area (Å²) in [5.41, 5.74) is 6.77. The van der Waals surface area contributed by atoms with Crippen LogP contribution in [0.3, 0.4) is 0 Å². The zero-order valence-electron chi connectivity index (χ0n) is 11.5. The summed E-state index contributed by atoms with van der Waals surface area (Å²) in [5.74, 6) is -0.134. The van der Waals surface area contributed by atoms with Crippen molar-refractivity contribution in [3.8, 4) is 0 Å². The molecule has 0 saturated carbocycles. The van der Waals surface area contributed by atoms with Crippen molar-refractivity contribution in [2.75, 3.05) is 12.3 Å². The van der Waals surface area contributed by atoms with Crippen LogP contribution in [-0.4, -0.2) is 23.3 Å². The predicted molar refractivity (Wildman–Crippen MR) is 74.5 cm³/mol. The third-order valence-corrected chi connectivity index (χ3v) is 4.10. The lowest BCUT2D eigenvalue weighted by atomic mass is 9.71. The van der Waals surface area contributed by atoms with Crippen LogP contribution in [0.5, 0.6) is 0 Å². The molecule has 102 valence electrons. The van der Waals surface area contributed by atoms with Gasteiger partial charge in [0.2, 0.25) is 11.8 Å². The fourth-order valence-electron chi connectivity index (χ4n) is 2.86. The largest absolute Gasteiger partial charge is 0.399 e. The van der Waals surface area contributed by atoms with Crippen LogP contribution in [0.4, 0.5) is 5.69 Å². The van der Waals surface area contributed by atoms with E-state index in [1.807, 2.05) is 38.1 Å². The number of benzene rings is 1. The van der Waals surface area contributed by atoms with Gasteiger partial charge in [-0.05, 0) is 37.5 Å². The fourth-order valence-corrected chi connectivity index (χ4v) is 2.86. The molecule has 2 rings (SSSR count). The number of rotatable bonds is 3. The van der Waals surface area contributed by atoms with E-state index in [4.69, 9.17) is 5.73 Å². The third kappa shape index (κ3) is 2.11. The third-order valence-electron chi connectivity index (χ3n) is 4.10. The van der Waals surface area contributed by atoms with Gasteiger partial charge in [0.05, 0.1) is 5.41 Å². The zero-order valence-corrected chi connectivity index (χ0v) is 11.5. The van der Waals surface area contributed by atoms with Crippen LogP contribution in [0.25, 0.3) is 0 Å². The van der Waals surface area contributed by atoms with Gasteiger partial charge in [0.15, 0.2) is 0 Å². The highest BCUT2D eigenvalue weighted by Gasteiger charge is 2.46. The molecule has 1 fully saturated rings. The van der Waals surface area contributed by atoms with Crippen molar-refractivity contribution in [3.63, 3.8) is 0 Å². The van der Waals surface area contributed by atoms with Gasteiger partial charge in [-0.2, -0.15) is 0 Å². The van der Waals surface area contributed by atoms with Crippen molar-refractivity contribution in [3.05, 3.63) is 29.8 Å². The molecule has 0 bridgehead atoms. The van der Waals surface area contributed by atoms with Crippen LogP contribution in [-0.2, 0) is 15.0 Å². The lowest BCUT2D eigenvalue weighted by Gasteiger charge is -2.40. The van der Waals surface area contributed by atoms with E-state index in [1.165, 1.54) is 4.90 Å². The molecule has 0 aliphatic carbocycles. The lowest BCUT2D eigenvalue weighted by molar-refractivity contribution is -0.153. The number of carbonyl (C=O) groups excluding carboxylic acids is 2. The molecule has 4 heteroatoms. The Morgan fingerprint density at radius 2 is 1.84 bits per heavy atom. The number of nitrogens with zero attached hydrogens (tertiary/aromatic N) is 1. The van der Waals surface area contributed by atoms with E-state index < -0.39 is 5.41 Å². The van der Waals surface area contributed by atoms with E-state index in [9.17, 15) is 9.59 Å². The first-order chi connectivity index (χ1) is 9.05. The Morgan fingerprint density at radius 3 is 2.37 bits per heavy atom. The average Bonchev–Trinajstić information content (AvgIpc) is 2.41. The first kappa shape index (κ1) is 13.6. The summed E-state index contributed by atoms with van der Waals surface area (Å²) >= 11 is 0. The number of piperidine rings is 1. The number of imide groups is 1. The molecule has 1 aromatic rings. The molecule has 0 spiro atoms. The average molecular weight is 260 g/mol. The predicted octanol–water partition coefficient (Wildman–Crippen LogP) is 2.09. The first-order valence-corrected chi connectivity index (χ1v) is 6.76. The highest BCUT2D eigenvalue weighted by atomic mass is 16.2. The number of amides is 2. The molecule has 0 radical (unpaired) electrons. The molecule has 2 amide bonds. The minimum absolute atomic E-state index is 0.0629. The maximum absolute atomic E-state index is 12.7. The van der Waals surface area contributed by atoms with Gasteiger partial charge in [0.1, 0.15) is 0 Å². The summed E-state index contributed by atoms with van der Waals surface area (Å²) in [4.78, 5) is 25.9. The summed E-state index contributed by atoms with van der Waals surface area (Å²) in [6.07, 6.45) is 1.71. The maximum atomic E-state index is 12.7. The van der Waals surface area contributed by atoms with Gasteiger partial charge >= 0.3 is 0 Å². The zero-order chi connectivity index (χ0) is 14.0. The molecule has 4 nitrogen and oxygen atoms in total. The van der Waals surface area contributed by atoms with E-state index >= 15 is 0 Å². The van der Waals surface area contributed by atoms with E-state index in [0.29, 0.717) is 31.5 Å². The fraction of sp³-hybridized carbons (Fsp3) is 0.467. The Bertz CT molecular complexity index is 495. The normalized spacial score (nSPS) is 23.8. The molecular weight excluding hydrogens is 240 g/mol. The Kier molecular flexibility index (Phi) is 3.60. The van der Waals surface area contributed by atoms with E-state index in [1.54, 1.807) is 0 Å². The number of nitrogens with two attached hydrogens (primary N) is 1. The van der Waals surface area contributed by atoms with Crippen molar-refractivity contribution in [2.24, 2.45) is 0 Å². The van der Waals surface area contributed by atoms with Gasteiger partial charge in [-0.3, -0.25) is 14.5 Å². The standard InChI is InChI=1S/C15H20N2O2/c1-3-15(11-5-7-12(16)8-6-11)10-9-13(18)17(4-2)14(15)19/h5-8H,3-4,9-10,16H2,1-2H3/t15-/m0/s1. The first-order valence-electron chi connectivity index (χ1n) is 6.76. The molecule has 19 heavy (non-hydrogen) atoms. The molecule has 1 atom stereocenters. The summed E-state index contributed by atoms with van der Waals surface area (Å²) in [6.45, 7) is 4.27. The molecule has 1 aliphatic rings. The number of hydrogen-bond acceptors (Lipinski definition) is 3. The second-order valence-electron chi connectivity index (χ2n) is 5.00. The number of anilines is 1. The number of likely N-dealkylation sites (N-methyl/N-ethyl adjacent to an activating group) is 1. The quantitative estimate of drug-likeness (QED) is 0.668. The minimum atomic E-state index is -0.572. The Balaban J connectivity index is 2.45. The molecule has 1 aliphatic heterocycles. The van der Waals surface area contributed by atoms with Crippen LogP contribution >= 0.6 is 0 Å². The molecule has 1 heterocycles. The van der Waals surface area contributed by atoms with Crippen LogP contribution in [0, 0.1) is 0 Å². The summed E-state index contributed by atoms with van der Waals surface area (Å²) in [7, 11) is 0. The minimum Gasteiger partial charge on any atom is -0.399 e. The van der Waals surface area contributed by atoms with Gasteiger partial charge in [-0.1, -0.05) is 19.1 Å². The van der Waals surface area contributed by atoms with Crippen LogP contribution in [0.2, 0.25) is 0 Å². The van der Waals surface area contributed by atoms with Crippen LogP contribution in [0.1, 0.15) is 38.7 Å². The second kappa shape index (κ2) is 5.03. The van der Waals surface area contributed by atoms with Gasteiger partial charge in [-0.25, -0.2) is 0 Å². The molecule has 0 aromatic heterocycles.